The predicted molar refractivity (Wildman–Crippen MR) is 164 cm³/mol. The van der Waals surface area contributed by atoms with Crippen molar-refractivity contribution in [3.8, 4) is 28.4 Å². The van der Waals surface area contributed by atoms with E-state index in [2.05, 4.69) is 78.9 Å². The van der Waals surface area contributed by atoms with E-state index < -0.39 is 0 Å². The first-order valence-electron chi connectivity index (χ1n) is 13.6. The van der Waals surface area contributed by atoms with Gasteiger partial charge in [0.05, 0.1) is 7.11 Å². The Kier molecular flexibility index (Phi) is 9.30. The molecule has 3 heteroatoms. The Morgan fingerprint density at radius 3 is 1.70 bits per heavy atom. The van der Waals surface area contributed by atoms with Crippen molar-refractivity contribution in [1.29, 1.82) is 0 Å². The molecule has 0 aliphatic heterocycles. The van der Waals surface area contributed by atoms with Gasteiger partial charge in [0, 0.05) is 0 Å². The van der Waals surface area contributed by atoms with Crippen LogP contribution < -0.4 is 14.2 Å². The Balaban J connectivity index is 1.12. The lowest BCUT2D eigenvalue weighted by Crippen LogP contribution is -1.95. The molecule has 0 aliphatic rings. The summed E-state index contributed by atoms with van der Waals surface area (Å²) in [5, 5.41) is 0. The van der Waals surface area contributed by atoms with E-state index >= 15 is 0 Å². The van der Waals surface area contributed by atoms with Crippen LogP contribution in [0, 0.1) is 0 Å². The zero-order chi connectivity index (χ0) is 27.4. The molecule has 0 atom stereocenters. The van der Waals surface area contributed by atoms with Crippen molar-refractivity contribution in [2.75, 3.05) is 7.11 Å². The van der Waals surface area contributed by atoms with Gasteiger partial charge in [-0.25, -0.2) is 0 Å². The summed E-state index contributed by atoms with van der Waals surface area (Å²) in [6.45, 7) is 1.14. The Morgan fingerprint density at radius 1 is 0.575 bits per heavy atom. The molecule has 3 nitrogen and oxygen atoms in total. The number of benzene rings is 5. The Hall–Kier alpha value is -4.76. The van der Waals surface area contributed by atoms with E-state index in [0.29, 0.717) is 13.2 Å². The van der Waals surface area contributed by atoms with Crippen molar-refractivity contribution in [2.24, 2.45) is 0 Å². The van der Waals surface area contributed by atoms with E-state index in [4.69, 9.17) is 14.2 Å². The maximum Gasteiger partial charge on any atom is 0.122 e. The van der Waals surface area contributed by atoms with Gasteiger partial charge in [-0.15, -0.1) is 0 Å². The third kappa shape index (κ3) is 7.64. The molecular weight excluding hydrogens is 492 g/mol. The van der Waals surface area contributed by atoms with E-state index in [0.717, 1.165) is 57.9 Å². The van der Waals surface area contributed by atoms with Gasteiger partial charge in [0.1, 0.15) is 30.5 Å². The van der Waals surface area contributed by atoms with Crippen LogP contribution in [0.5, 0.6) is 17.2 Å². The first-order valence-corrected chi connectivity index (χ1v) is 13.6. The maximum absolute atomic E-state index is 5.93. The van der Waals surface area contributed by atoms with Gasteiger partial charge in [-0.2, -0.15) is 0 Å². The number of allylic oxidation sites excluding steroid dienone is 1. The average Bonchev–Trinajstić information content (AvgIpc) is 3.03. The zero-order valence-electron chi connectivity index (χ0n) is 22.8. The number of ether oxygens (including phenoxy) is 3. The van der Waals surface area contributed by atoms with E-state index in [1.807, 2.05) is 60.7 Å². The van der Waals surface area contributed by atoms with Crippen molar-refractivity contribution in [1.82, 2.24) is 0 Å². The molecule has 0 N–H and O–H groups in total. The van der Waals surface area contributed by atoms with Crippen LogP contribution in [-0.4, -0.2) is 7.11 Å². The quantitative estimate of drug-likeness (QED) is 0.162. The first kappa shape index (κ1) is 26.8. The zero-order valence-corrected chi connectivity index (χ0v) is 22.8. The largest absolute Gasteiger partial charge is 0.496 e. The van der Waals surface area contributed by atoms with Crippen LogP contribution in [0.15, 0.2) is 133 Å². The minimum atomic E-state index is 0.561. The van der Waals surface area contributed by atoms with Crippen molar-refractivity contribution < 1.29 is 14.2 Å². The number of hydrogen-bond acceptors (Lipinski definition) is 3. The van der Waals surface area contributed by atoms with E-state index in [1.165, 1.54) is 5.56 Å². The molecule has 200 valence electrons. The summed E-state index contributed by atoms with van der Waals surface area (Å²) >= 11 is 0. The van der Waals surface area contributed by atoms with Crippen LogP contribution in [0.1, 0.15) is 28.7 Å². The van der Waals surface area contributed by atoms with Gasteiger partial charge >= 0.3 is 0 Å². The molecule has 5 aromatic carbocycles. The molecule has 5 aromatic rings. The van der Waals surface area contributed by atoms with Gasteiger partial charge in [-0.1, -0.05) is 109 Å². The molecule has 5 rings (SSSR count). The highest BCUT2D eigenvalue weighted by atomic mass is 16.5. The molecule has 0 saturated carbocycles. The third-order valence-corrected chi connectivity index (χ3v) is 6.74. The Morgan fingerprint density at radius 2 is 1.12 bits per heavy atom. The van der Waals surface area contributed by atoms with Crippen LogP contribution in [0.3, 0.4) is 0 Å². The van der Waals surface area contributed by atoms with E-state index in [9.17, 15) is 0 Å². The van der Waals surface area contributed by atoms with E-state index in [-0.39, 0.29) is 0 Å². The summed E-state index contributed by atoms with van der Waals surface area (Å²) in [4.78, 5) is 0. The second kappa shape index (κ2) is 13.9. The Labute approximate surface area is 237 Å². The summed E-state index contributed by atoms with van der Waals surface area (Å²) in [7, 11) is 1.74. The standard InChI is InChI=1S/C37H34O3/c1-38-37-26-34(32-20-24-36(25-21-32)40-28-31-13-6-3-7-14-31)19-18-33(37)15-9-8-10-29-16-22-35(23-17-29)39-27-30-11-4-2-5-12-30/h2-8,10-14,16-26H,9,15,27-28H2,1H3/b10-8+. The smallest absolute Gasteiger partial charge is 0.122 e. The molecule has 0 amide bonds. The van der Waals surface area contributed by atoms with Gasteiger partial charge in [-0.05, 0) is 76.6 Å². The Bertz CT molecular complexity index is 1490. The van der Waals surface area contributed by atoms with Crippen LogP contribution in [0.2, 0.25) is 0 Å². The van der Waals surface area contributed by atoms with Crippen LogP contribution in [0.25, 0.3) is 17.2 Å². The number of rotatable bonds is 12. The van der Waals surface area contributed by atoms with Crippen molar-refractivity contribution in [3.05, 3.63) is 156 Å². The fraction of sp³-hybridized carbons (Fsp3) is 0.135. The fourth-order valence-corrected chi connectivity index (χ4v) is 4.49. The van der Waals surface area contributed by atoms with Gasteiger partial charge in [0.15, 0.2) is 0 Å². The van der Waals surface area contributed by atoms with Crippen molar-refractivity contribution in [3.63, 3.8) is 0 Å². The van der Waals surface area contributed by atoms with Gasteiger partial charge < -0.3 is 14.2 Å². The molecule has 0 aromatic heterocycles. The minimum Gasteiger partial charge on any atom is -0.496 e. The monoisotopic (exact) mass is 526 g/mol. The topological polar surface area (TPSA) is 27.7 Å². The van der Waals surface area contributed by atoms with Crippen molar-refractivity contribution in [2.45, 2.75) is 26.1 Å². The summed E-state index contributed by atoms with van der Waals surface area (Å²) < 4.78 is 17.6. The molecule has 0 unspecified atom stereocenters. The highest BCUT2D eigenvalue weighted by Crippen LogP contribution is 2.29. The first-order chi connectivity index (χ1) is 19.8. The van der Waals surface area contributed by atoms with Crippen LogP contribution in [0.4, 0.5) is 0 Å². The average molecular weight is 527 g/mol. The minimum absolute atomic E-state index is 0.561. The number of methoxy groups -OCH3 is 1. The van der Waals surface area contributed by atoms with E-state index in [1.54, 1.807) is 7.11 Å². The van der Waals surface area contributed by atoms with Gasteiger partial charge in [0.25, 0.3) is 0 Å². The fourth-order valence-electron chi connectivity index (χ4n) is 4.49. The molecule has 0 spiro atoms. The molecule has 0 fully saturated rings. The summed E-state index contributed by atoms with van der Waals surface area (Å²) in [5.74, 6) is 2.65. The second-order valence-corrected chi connectivity index (χ2v) is 9.61. The SMILES string of the molecule is COc1cc(-c2ccc(OCc3ccccc3)cc2)ccc1CC/C=C/c1ccc(OCc2ccccc2)cc1. The molecule has 0 heterocycles. The maximum atomic E-state index is 5.93. The number of aryl methyl sites for hydroxylation is 1. The van der Waals surface area contributed by atoms with Crippen LogP contribution >= 0.6 is 0 Å². The lowest BCUT2D eigenvalue weighted by atomic mass is 10.0. The van der Waals surface area contributed by atoms with Gasteiger partial charge in [-0.3, -0.25) is 0 Å². The second-order valence-electron chi connectivity index (χ2n) is 9.61. The lowest BCUT2D eigenvalue weighted by molar-refractivity contribution is 0.306. The highest BCUT2D eigenvalue weighted by molar-refractivity contribution is 5.67. The van der Waals surface area contributed by atoms with Crippen molar-refractivity contribution >= 4 is 6.08 Å². The van der Waals surface area contributed by atoms with Crippen LogP contribution in [-0.2, 0) is 19.6 Å². The molecule has 0 aliphatic carbocycles. The molecule has 0 bridgehead atoms. The summed E-state index contributed by atoms with van der Waals surface area (Å²) in [6, 6.07) is 43.3. The normalized spacial score (nSPS) is 10.9. The lowest BCUT2D eigenvalue weighted by Gasteiger charge is -2.11. The third-order valence-electron chi connectivity index (χ3n) is 6.74. The van der Waals surface area contributed by atoms with Gasteiger partial charge in [0.2, 0.25) is 0 Å². The highest BCUT2D eigenvalue weighted by Gasteiger charge is 2.07. The molecular formula is C37H34O3. The molecule has 0 radical (unpaired) electrons. The summed E-state index contributed by atoms with van der Waals surface area (Å²) in [5.41, 5.74) is 6.93. The molecule has 0 saturated heterocycles. The number of hydrogen-bond donors (Lipinski definition) is 0. The summed E-state index contributed by atoms with van der Waals surface area (Å²) in [6.07, 6.45) is 6.20. The molecule has 40 heavy (non-hydrogen) atoms. The predicted octanol–water partition coefficient (Wildman–Crippen LogP) is 9.17.